The van der Waals surface area contributed by atoms with Crippen LogP contribution in [0.5, 0.6) is 0 Å². The van der Waals surface area contributed by atoms with E-state index >= 15 is 0 Å². The molecule has 1 aromatic heterocycles. The highest BCUT2D eigenvalue weighted by molar-refractivity contribution is 7.91. The van der Waals surface area contributed by atoms with Crippen LogP contribution < -0.4 is 4.90 Å². The Morgan fingerprint density at radius 3 is 2.55 bits per heavy atom. The number of aromatic nitrogens is 2. The second kappa shape index (κ2) is 8.81. The number of aryl methyl sites for hydroxylation is 1. The number of urea groups is 1. The van der Waals surface area contributed by atoms with E-state index < -0.39 is 27.7 Å². The minimum atomic E-state index is -3.18. The average molecular weight is 475 g/mol. The van der Waals surface area contributed by atoms with E-state index in [0.29, 0.717) is 5.69 Å². The van der Waals surface area contributed by atoms with Gasteiger partial charge in [0.25, 0.3) is 0 Å². The van der Waals surface area contributed by atoms with Crippen LogP contribution in [0.15, 0.2) is 42.6 Å². The summed E-state index contributed by atoms with van der Waals surface area (Å²) in [6.07, 6.45) is 1.70. The number of esters is 1. The van der Waals surface area contributed by atoms with Crippen molar-refractivity contribution in [1.82, 2.24) is 14.7 Å². The Kier molecular flexibility index (Phi) is 6.07. The molecule has 11 heteroatoms. The molecule has 174 valence electrons. The number of ether oxygens (including phenoxy) is 1. The molecule has 2 aromatic carbocycles. The van der Waals surface area contributed by atoms with Crippen molar-refractivity contribution >= 4 is 38.4 Å². The number of benzene rings is 2. The van der Waals surface area contributed by atoms with E-state index in [1.165, 1.54) is 29.0 Å². The average Bonchev–Trinajstić information content (AvgIpc) is 3.17. The number of sulfone groups is 1. The summed E-state index contributed by atoms with van der Waals surface area (Å²) in [5.41, 5.74) is 1.56. The third-order valence-electron chi connectivity index (χ3n) is 5.69. The first-order valence-corrected chi connectivity index (χ1v) is 12.1. The van der Waals surface area contributed by atoms with Gasteiger partial charge in [-0.3, -0.25) is 9.58 Å². The second-order valence-electron chi connectivity index (χ2n) is 7.82. The molecule has 0 bridgehead atoms. The van der Waals surface area contributed by atoms with Crippen molar-refractivity contribution in [3.8, 4) is 0 Å². The quantitative estimate of drug-likeness (QED) is 0.538. The van der Waals surface area contributed by atoms with E-state index in [0.717, 1.165) is 17.0 Å². The minimum Gasteiger partial charge on any atom is -0.465 e. The van der Waals surface area contributed by atoms with Crippen molar-refractivity contribution < 1.29 is 27.1 Å². The van der Waals surface area contributed by atoms with Gasteiger partial charge in [0.1, 0.15) is 5.82 Å². The number of hydrogen-bond acceptors (Lipinski definition) is 6. The van der Waals surface area contributed by atoms with Crippen molar-refractivity contribution in [1.29, 1.82) is 0 Å². The maximum atomic E-state index is 14.8. The Morgan fingerprint density at radius 1 is 1.15 bits per heavy atom. The first-order chi connectivity index (χ1) is 15.7. The van der Waals surface area contributed by atoms with Gasteiger partial charge in [-0.05, 0) is 30.3 Å². The highest BCUT2D eigenvalue weighted by atomic mass is 32.2. The number of nitrogens with zero attached hydrogens (tertiary/aromatic N) is 4. The van der Waals surface area contributed by atoms with Crippen LogP contribution in [0.3, 0.4) is 0 Å². The zero-order valence-electron chi connectivity index (χ0n) is 18.2. The van der Waals surface area contributed by atoms with Crippen LogP contribution in [0.2, 0.25) is 0 Å². The molecule has 1 saturated heterocycles. The number of amides is 2. The molecule has 2 amide bonds. The molecule has 0 aliphatic carbocycles. The lowest BCUT2D eigenvalue weighted by atomic mass is 10.1. The van der Waals surface area contributed by atoms with Crippen molar-refractivity contribution in [3.05, 3.63) is 59.5 Å². The Labute approximate surface area is 190 Å². The number of fused-ring (bicyclic) bond motifs is 1. The third kappa shape index (κ3) is 4.68. The van der Waals surface area contributed by atoms with Gasteiger partial charge in [0.2, 0.25) is 0 Å². The number of anilines is 1. The highest BCUT2D eigenvalue weighted by Crippen LogP contribution is 2.26. The molecular weight excluding hydrogens is 451 g/mol. The van der Waals surface area contributed by atoms with Crippen LogP contribution in [0.1, 0.15) is 15.9 Å². The molecular formula is C22H23FN4O5S. The Balaban J connectivity index is 1.70. The summed E-state index contributed by atoms with van der Waals surface area (Å²) >= 11 is 0. The van der Waals surface area contributed by atoms with E-state index in [1.807, 2.05) is 6.07 Å². The lowest BCUT2D eigenvalue weighted by molar-refractivity contribution is 0.0600. The largest absolute Gasteiger partial charge is 0.465 e. The summed E-state index contributed by atoms with van der Waals surface area (Å²) in [7, 11) is -0.188. The molecule has 0 saturated carbocycles. The van der Waals surface area contributed by atoms with Crippen molar-refractivity contribution in [3.63, 3.8) is 0 Å². The van der Waals surface area contributed by atoms with Gasteiger partial charge in [-0.2, -0.15) is 5.10 Å². The van der Waals surface area contributed by atoms with E-state index in [2.05, 4.69) is 9.84 Å². The monoisotopic (exact) mass is 474 g/mol. The number of carbonyl (C=O) groups excluding carboxylic acids is 2. The maximum absolute atomic E-state index is 14.8. The van der Waals surface area contributed by atoms with Gasteiger partial charge >= 0.3 is 12.0 Å². The molecule has 0 radical (unpaired) electrons. The lowest BCUT2D eigenvalue weighted by Gasteiger charge is -2.33. The summed E-state index contributed by atoms with van der Waals surface area (Å²) in [6, 6.07) is 8.85. The van der Waals surface area contributed by atoms with Gasteiger partial charge in [-0.1, -0.05) is 6.07 Å². The van der Waals surface area contributed by atoms with Crippen LogP contribution in [-0.2, 0) is 28.2 Å². The van der Waals surface area contributed by atoms with Gasteiger partial charge in [-0.15, -0.1) is 0 Å². The normalized spacial score (nSPS) is 15.4. The fourth-order valence-electron chi connectivity index (χ4n) is 3.73. The van der Waals surface area contributed by atoms with Crippen molar-refractivity contribution in [2.45, 2.75) is 6.54 Å². The second-order valence-corrected chi connectivity index (χ2v) is 10.1. The van der Waals surface area contributed by atoms with Gasteiger partial charge in [0.05, 0.1) is 42.4 Å². The van der Waals surface area contributed by atoms with E-state index in [9.17, 15) is 22.4 Å². The zero-order chi connectivity index (χ0) is 23.8. The molecule has 1 fully saturated rings. The zero-order valence-corrected chi connectivity index (χ0v) is 19.0. The molecule has 0 spiro atoms. The first kappa shape index (κ1) is 22.7. The summed E-state index contributed by atoms with van der Waals surface area (Å²) < 4.78 is 44.8. The third-order valence-corrected chi connectivity index (χ3v) is 7.30. The lowest BCUT2D eigenvalue weighted by Crippen LogP contribution is -2.49. The molecule has 3 aromatic rings. The van der Waals surface area contributed by atoms with Gasteiger partial charge < -0.3 is 9.64 Å². The highest BCUT2D eigenvalue weighted by Gasteiger charge is 2.30. The van der Waals surface area contributed by atoms with Crippen LogP contribution >= 0.6 is 0 Å². The first-order valence-electron chi connectivity index (χ1n) is 10.2. The summed E-state index contributed by atoms with van der Waals surface area (Å²) in [4.78, 5) is 28.0. The fourth-order valence-corrected chi connectivity index (χ4v) is 4.94. The van der Waals surface area contributed by atoms with Crippen molar-refractivity contribution in [2.75, 3.05) is 36.6 Å². The van der Waals surface area contributed by atoms with Crippen LogP contribution in [0, 0.1) is 5.82 Å². The summed E-state index contributed by atoms with van der Waals surface area (Å²) in [6.45, 7) is 0.0174. The maximum Gasteiger partial charge on any atom is 0.337 e. The van der Waals surface area contributed by atoms with E-state index in [4.69, 9.17) is 0 Å². The molecule has 4 rings (SSSR count). The summed E-state index contributed by atoms with van der Waals surface area (Å²) in [5.74, 6) is -1.55. The molecule has 0 unspecified atom stereocenters. The van der Waals surface area contributed by atoms with Crippen molar-refractivity contribution in [2.24, 2.45) is 7.05 Å². The van der Waals surface area contributed by atoms with Crippen LogP contribution in [0.25, 0.3) is 10.9 Å². The fraction of sp³-hybridized carbons (Fsp3) is 0.318. The predicted octanol–water partition coefficient (Wildman–Crippen LogP) is 2.36. The molecule has 0 N–H and O–H groups in total. The predicted molar refractivity (Wildman–Crippen MR) is 120 cm³/mol. The molecule has 2 heterocycles. The smallest absolute Gasteiger partial charge is 0.337 e. The van der Waals surface area contributed by atoms with Crippen LogP contribution in [0.4, 0.5) is 14.9 Å². The topological polar surface area (TPSA) is 102 Å². The molecule has 1 aliphatic rings. The van der Waals surface area contributed by atoms with E-state index in [-0.39, 0.29) is 42.3 Å². The minimum absolute atomic E-state index is 0.0640. The Bertz CT molecular complexity index is 1320. The van der Waals surface area contributed by atoms with Gasteiger partial charge in [0, 0.05) is 36.8 Å². The number of methoxy groups -OCH3 is 1. The molecule has 1 aliphatic heterocycles. The molecule has 33 heavy (non-hydrogen) atoms. The molecule has 9 nitrogen and oxygen atoms in total. The number of rotatable bonds is 4. The van der Waals surface area contributed by atoms with E-state index in [1.54, 1.807) is 30.1 Å². The number of carbonyl (C=O) groups is 2. The number of halogens is 1. The van der Waals surface area contributed by atoms with Crippen LogP contribution in [-0.4, -0.2) is 66.8 Å². The Hall–Kier alpha value is -3.47. The standard InChI is InChI=1S/C22H23FN4O5S/c1-25-20-12-18(6-5-16(20)13-24-25)27(22(29)26-7-9-33(30,31)10-8-26)14-17-4-3-15(11-19(17)23)21(28)32-2/h3-6,11-13H,7-10,14H2,1-2H3. The summed E-state index contributed by atoms with van der Waals surface area (Å²) in [5, 5.41) is 5.09. The number of hydrogen-bond donors (Lipinski definition) is 0. The molecule has 0 atom stereocenters. The van der Waals surface area contributed by atoms with Gasteiger partial charge in [-0.25, -0.2) is 22.4 Å². The van der Waals surface area contributed by atoms with Gasteiger partial charge in [0.15, 0.2) is 9.84 Å². The SMILES string of the molecule is COC(=O)c1ccc(CN(C(=O)N2CCS(=O)(=O)CC2)c2ccc3cnn(C)c3c2)c(F)c1. The Morgan fingerprint density at radius 2 is 1.88 bits per heavy atom.